The SMILES string of the molecule is CCOc1cc(CN=C(N)NCc2ccc(OC)c(OC)c2)ccc1OC. The maximum Gasteiger partial charge on any atom is 0.189 e. The average Bonchev–Trinajstić information content (AvgIpc) is 2.70. The fourth-order valence-corrected chi connectivity index (χ4v) is 2.50. The van der Waals surface area contributed by atoms with E-state index in [0.29, 0.717) is 48.7 Å². The molecule has 7 heteroatoms. The number of rotatable bonds is 9. The van der Waals surface area contributed by atoms with E-state index >= 15 is 0 Å². The largest absolute Gasteiger partial charge is 0.493 e. The van der Waals surface area contributed by atoms with Gasteiger partial charge in [-0.2, -0.15) is 0 Å². The summed E-state index contributed by atoms with van der Waals surface area (Å²) in [4.78, 5) is 4.37. The molecule has 0 aliphatic rings. The van der Waals surface area contributed by atoms with Gasteiger partial charge in [-0.05, 0) is 42.3 Å². The van der Waals surface area contributed by atoms with E-state index in [4.69, 9.17) is 24.7 Å². The standard InChI is InChI=1S/C20H27N3O4/c1-5-27-19-11-15(7-9-17(19)25-3)13-23-20(21)22-12-14-6-8-16(24-2)18(10-14)26-4/h6-11H,5,12-13H2,1-4H3,(H3,21,22,23). The van der Waals surface area contributed by atoms with Crippen LogP contribution in [0.5, 0.6) is 23.0 Å². The van der Waals surface area contributed by atoms with E-state index < -0.39 is 0 Å². The number of nitrogens with zero attached hydrogens (tertiary/aromatic N) is 1. The van der Waals surface area contributed by atoms with E-state index in [-0.39, 0.29) is 0 Å². The van der Waals surface area contributed by atoms with Crippen molar-refractivity contribution in [2.75, 3.05) is 27.9 Å². The van der Waals surface area contributed by atoms with Gasteiger partial charge in [0, 0.05) is 6.54 Å². The van der Waals surface area contributed by atoms with Crippen LogP contribution in [0.15, 0.2) is 41.4 Å². The summed E-state index contributed by atoms with van der Waals surface area (Å²) in [5.74, 6) is 3.12. The third kappa shape index (κ3) is 5.70. The van der Waals surface area contributed by atoms with Gasteiger partial charge in [-0.3, -0.25) is 0 Å². The van der Waals surface area contributed by atoms with E-state index in [1.165, 1.54) is 0 Å². The van der Waals surface area contributed by atoms with Gasteiger partial charge in [0.1, 0.15) is 0 Å². The normalized spacial score (nSPS) is 11.0. The fraction of sp³-hybridized carbons (Fsp3) is 0.350. The highest BCUT2D eigenvalue weighted by Gasteiger charge is 2.06. The van der Waals surface area contributed by atoms with Crippen LogP contribution in [0.3, 0.4) is 0 Å². The van der Waals surface area contributed by atoms with Gasteiger partial charge in [-0.15, -0.1) is 0 Å². The lowest BCUT2D eigenvalue weighted by molar-refractivity contribution is 0.310. The summed E-state index contributed by atoms with van der Waals surface area (Å²) < 4.78 is 21.4. The molecular formula is C20H27N3O4. The Kier molecular flexibility index (Phi) is 7.61. The van der Waals surface area contributed by atoms with Crippen LogP contribution in [-0.4, -0.2) is 33.9 Å². The Morgan fingerprint density at radius 1 is 0.889 bits per heavy atom. The molecule has 2 aromatic rings. The zero-order chi connectivity index (χ0) is 19.6. The summed E-state index contributed by atoms with van der Waals surface area (Å²) in [6, 6.07) is 11.4. The van der Waals surface area contributed by atoms with Crippen LogP contribution < -0.4 is 30.0 Å². The first-order valence-electron chi connectivity index (χ1n) is 8.65. The molecule has 0 aromatic heterocycles. The minimum atomic E-state index is 0.360. The summed E-state index contributed by atoms with van der Waals surface area (Å²) in [5, 5.41) is 3.10. The van der Waals surface area contributed by atoms with E-state index in [1.807, 2.05) is 43.3 Å². The highest BCUT2D eigenvalue weighted by Crippen LogP contribution is 2.28. The number of benzene rings is 2. The molecule has 7 nitrogen and oxygen atoms in total. The number of aliphatic imine (C=N–C) groups is 1. The number of nitrogens with one attached hydrogen (secondary N) is 1. The number of ether oxygens (including phenoxy) is 4. The van der Waals surface area contributed by atoms with Gasteiger partial charge in [-0.25, -0.2) is 4.99 Å². The van der Waals surface area contributed by atoms with E-state index in [2.05, 4.69) is 10.3 Å². The molecule has 0 radical (unpaired) electrons. The highest BCUT2D eigenvalue weighted by molar-refractivity contribution is 5.77. The number of hydrogen-bond acceptors (Lipinski definition) is 5. The third-order valence-corrected chi connectivity index (χ3v) is 3.88. The number of hydrogen-bond donors (Lipinski definition) is 2. The second-order valence-corrected chi connectivity index (χ2v) is 5.66. The Hall–Kier alpha value is -3.09. The summed E-state index contributed by atoms with van der Waals surface area (Å²) >= 11 is 0. The molecule has 0 heterocycles. The van der Waals surface area contributed by atoms with Gasteiger partial charge in [0.25, 0.3) is 0 Å². The first kappa shape index (κ1) is 20.2. The molecule has 3 N–H and O–H groups in total. The van der Waals surface area contributed by atoms with E-state index in [9.17, 15) is 0 Å². The molecule has 0 saturated heterocycles. The average molecular weight is 373 g/mol. The Morgan fingerprint density at radius 3 is 2.11 bits per heavy atom. The summed E-state index contributed by atoms with van der Waals surface area (Å²) in [7, 11) is 4.83. The van der Waals surface area contributed by atoms with Crippen LogP contribution >= 0.6 is 0 Å². The molecule has 0 amide bonds. The van der Waals surface area contributed by atoms with Gasteiger partial charge >= 0.3 is 0 Å². The first-order valence-corrected chi connectivity index (χ1v) is 8.65. The van der Waals surface area contributed by atoms with Gasteiger partial charge in [-0.1, -0.05) is 12.1 Å². The van der Waals surface area contributed by atoms with E-state index in [1.54, 1.807) is 21.3 Å². The topological polar surface area (TPSA) is 87.3 Å². The van der Waals surface area contributed by atoms with E-state index in [0.717, 1.165) is 11.1 Å². The monoisotopic (exact) mass is 373 g/mol. The van der Waals surface area contributed by atoms with Crippen molar-refractivity contribution in [3.05, 3.63) is 47.5 Å². The van der Waals surface area contributed by atoms with Crippen LogP contribution in [0.1, 0.15) is 18.1 Å². The Bertz CT molecular complexity index is 778. The van der Waals surface area contributed by atoms with Crippen LogP contribution in [0, 0.1) is 0 Å². The Morgan fingerprint density at radius 2 is 1.48 bits per heavy atom. The molecule has 0 saturated carbocycles. The number of guanidine groups is 1. The summed E-state index contributed by atoms with van der Waals surface area (Å²) in [6.07, 6.45) is 0. The predicted octanol–water partition coefficient (Wildman–Crippen LogP) is 2.72. The van der Waals surface area contributed by atoms with Crippen molar-refractivity contribution in [3.8, 4) is 23.0 Å². The van der Waals surface area contributed by atoms with Crippen molar-refractivity contribution in [2.45, 2.75) is 20.0 Å². The van der Waals surface area contributed by atoms with Gasteiger partial charge in [0.2, 0.25) is 0 Å². The van der Waals surface area contributed by atoms with Crippen molar-refractivity contribution in [1.29, 1.82) is 0 Å². The molecule has 0 fully saturated rings. The Labute approximate surface area is 160 Å². The molecular weight excluding hydrogens is 346 g/mol. The van der Waals surface area contributed by atoms with Crippen molar-refractivity contribution in [2.24, 2.45) is 10.7 Å². The zero-order valence-corrected chi connectivity index (χ0v) is 16.2. The summed E-state index contributed by atoms with van der Waals surface area (Å²) in [6.45, 7) is 3.47. The molecule has 146 valence electrons. The van der Waals surface area contributed by atoms with Gasteiger partial charge < -0.3 is 30.0 Å². The molecule has 0 aliphatic heterocycles. The Balaban J connectivity index is 1.97. The number of methoxy groups -OCH3 is 3. The molecule has 0 aliphatic carbocycles. The van der Waals surface area contributed by atoms with Crippen molar-refractivity contribution in [3.63, 3.8) is 0 Å². The maximum absolute atomic E-state index is 5.98. The molecule has 27 heavy (non-hydrogen) atoms. The van der Waals surface area contributed by atoms with Crippen LogP contribution in [-0.2, 0) is 13.1 Å². The van der Waals surface area contributed by atoms with Gasteiger partial charge in [0.15, 0.2) is 29.0 Å². The first-order chi connectivity index (χ1) is 13.1. The van der Waals surface area contributed by atoms with Crippen LogP contribution in [0.4, 0.5) is 0 Å². The molecule has 0 atom stereocenters. The highest BCUT2D eigenvalue weighted by atomic mass is 16.5. The third-order valence-electron chi connectivity index (χ3n) is 3.88. The summed E-state index contributed by atoms with van der Waals surface area (Å²) in [5.41, 5.74) is 7.97. The minimum absolute atomic E-state index is 0.360. The van der Waals surface area contributed by atoms with Crippen LogP contribution in [0.25, 0.3) is 0 Å². The van der Waals surface area contributed by atoms with Gasteiger partial charge in [0.05, 0.1) is 34.5 Å². The lowest BCUT2D eigenvalue weighted by atomic mass is 10.2. The lowest BCUT2D eigenvalue weighted by Crippen LogP contribution is -2.31. The second kappa shape index (κ2) is 10.2. The maximum atomic E-state index is 5.98. The number of nitrogens with two attached hydrogens (primary N) is 1. The minimum Gasteiger partial charge on any atom is -0.493 e. The molecule has 0 spiro atoms. The van der Waals surface area contributed by atoms with Crippen molar-refractivity contribution < 1.29 is 18.9 Å². The predicted molar refractivity (Wildman–Crippen MR) is 106 cm³/mol. The second-order valence-electron chi connectivity index (χ2n) is 5.66. The molecule has 2 rings (SSSR count). The van der Waals surface area contributed by atoms with Crippen LogP contribution in [0.2, 0.25) is 0 Å². The molecule has 0 unspecified atom stereocenters. The van der Waals surface area contributed by atoms with Crippen molar-refractivity contribution in [1.82, 2.24) is 5.32 Å². The zero-order valence-electron chi connectivity index (χ0n) is 16.2. The molecule has 2 aromatic carbocycles. The smallest absolute Gasteiger partial charge is 0.189 e. The quantitative estimate of drug-likeness (QED) is 0.519. The lowest BCUT2D eigenvalue weighted by Gasteiger charge is -2.11. The molecule has 0 bridgehead atoms. The fourth-order valence-electron chi connectivity index (χ4n) is 2.50. The van der Waals surface area contributed by atoms with Crippen molar-refractivity contribution >= 4 is 5.96 Å².